The van der Waals surface area contributed by atoms with E-state index in [0.717, 1.165) is 25.8 Å². The van der Waals surface area contributed by atoms with E-state index in [-0.39, 0.29) is 11.9 Å². The summed E-state index contributed by atoms with van der Waals surface area (Å²) in [5.41, 5.74) is 0. The van der Waals surface area contributed by atoms with Gasteiger partial charge in [-0.3, -0.25) is 4.79 Å². The number of hydrogen-bond acceptors (Lipinski definition) is 4. The van der Waals surface area contributed by atoms with E-state index in [1.54, 1.807) is 0 Å². The SMILES string of the molecule is CCOC(=O)C1CCCC(NCCCN2CCCCC2)C1. The van der Waals surface area contributed by atoms with Gasteiger partial charge in [-0.1, -0.05) is 12.8 Å². The molecule has 0 aromatic heterocycles. The molecule has 2 rings (SSSR count). The molecule has 0 aromatic rings. The van der Waals surface area contributed by atoms with Crippen molar-refractivity contribution in [3.05, 3.63) is 0 Å². The van der Waals surface area contributed by atoms with E-state index in [1.165, 1.54) is 51.7 Å². The van der Waals surface area contributed by atoms with Crippen molar-refractivity contribution in [2.24, 2.45) is 5.92 Å². The number of carbonyl (C=O) groups is 1. The first kappa shape index (κ1) is 16.8. The van der Waals surface area contributed by atoms with Crippen LogP contribution in [0, 0.1) is 5.92 Å². The van der Waals surface area contributed by atoms with Crippen molar-refractivity contribution in [3.63, 3.8) is 0 Å². The lowest BCUT2D eigenvalue weighted by atomic mass is 9.85. The number of hydrogen-bond donors (Lipinski definition) is 1. The average molecular weight is 296 g/mol. The van der Waals surface area contributed by atoms with Gasteiger partial charge in [-0.15, -0.1) is 0 Å². The van der Waals surface area contributed by atoms with Gasteiger partial charge < -0.3 is 15.0 Å². The first-order valence-corrected chi connectivity index (χ1v) is 8.92. The molecule has 0 bridgehead atoms. The van der Waals surface area contributed by atoms with Crippen molar-refractivity contribution in [1.29, 1.82) is 0 Å². The fourth-order valence-corrected chi connectivity index (χ4v) is 3.64. The molecule has 1 heterocycles. The molecule has 21 heavy (non-hydrogen) atoms. The van der Waals surface area contributed by atoms with E-state index in [9.17, 15) is 4.79 Å². The van der Waals surface area contributed by atoms with Crippen LogP contribution in [-0.4, -0.2) is 49.7 Å². The number of carbonyl (C=O) groups excluding carboxylic acids is 1. The third-order valence-electron chi connectivity index (χ3n) is 4.83. The van der Waals surface area contributed by atoms with E-state index in [0.29, 0.717) is 12.6 Å². The summed E-state index contributed by atoms with van der Waals surface area (Å²) in [4.78, 5) is 14.4. The zero-order valence-electron chi connectivity index (χ0n) is 13.6. The van der Waals surface area contributed by atoms with Crippen LogP contribution >= 0.6 is 0 Å². The molecule has 0 spiro atoms. The highest BCUT2D eigenvalue weighted by molar-refractivity contribution is 5.72. The lowest BCUT2D eigenvalue weighted by Gasteiger charge is -2.29. The number of esters is 1. The van der Waals surface area contributed by atoms with Crippen molar-refractivity contribution in [2.45, 2.75) is 64.3 Å². The third kappa shape index (κ3) is 5.95. The Morgan fingerprint density at radius 3 is 2.76 bits per heavy atom. The third-order valence-corrected chi connectivity index (χ3v) is 4.83. The molecule has 1 aliphatic carbocycles. The molecule has 4 heteroatoms. The summed E-state index contributed by atoms with van der Waals surface area (Å²) in [7, 11) is 0. The molecule has 1 N–H and O–H groups in total. The van der Waals surface area contributed by atoms with Gasteiger partial charge in [0, 0.05) is 6.04 Å². The minimum absolute atomic E-state index is 0.0114. The molecule has 0 radical (unpaired) electrons. The van der Waals surface area contributed by atoms with Crippen LogP contribution in [0.15, 0.2) is 0 Å². The summed E-state index contributed by atoms with van der Waals surface area (Å²) < 4.78 is 5.16. The van der Waals surface area contributed by atoms with Gasteiger partial charge in [-0.25, -0.2) is 0 Å². The predicted octanol–water partition coefficient (Wildman–Crippen LogP) is 2.57. The second-order valence-corrected chi connectivity index (χ2v) is 6.52. The second-order valence-electron chi connectivity index (χ2n) is 6.52. The van der Waals surface area contributed by atoms with Crippen molar-refractivity contribution in [2.75, 3.05) is 32.8 Å². The zero-order valence-corrected chi connectivity index (χ0v) is 13.6. The van der Waals surface area contributed by atoms with Crippen molar-refractivity contribution in [1.82, 2.24) is 10.2 Å². The first-order chi connectivity index (χ1) is 10.3. The van der Waals surface area contributed by atoms with Crippen molar-refractivity contribution >= 4 is 5.97 Å². The Labute approximate surface area is 129 Å². The smallest absolute Gasteiger partial charge is 0.308 e. The Morgan fingerprint density at radius 1 is 1.19 bits per heavy atom. The van der Waals surface area contributed by atoms with Crippen LogP contribution in [0.2, 0.25) is 0 Å². The minimum atomic E-state index is 0.0114. The standard InChI is InChI=1S/C17H32N2O2/c1-2-21-17(20)15-8-6-9-16(14-15)18-10-7-13-19-11-4-3-5-12-19/h15-16,18H,2-14H2,1H3. The van der Waals surface area contributed by atoms with Gasteiger partial charge in [-0.2, -0.15) is 0 Å². The van der Waals surface area contributed by atoms with Gasteiger partial charge >= 0.3 is 5.97 Å². The number of likely N-dealkylation sites (tertiary alicyclic amines) is 1. The minimum Gasteiger partial charge on any atom is -0.466 e. The fourth-order valence-electron chi connectivity index (χ4n) is 3.64. The highest BCUT2D eigenvalue weighted by Gasteiger charge is 2.27. The van der Waals surface area contributed by atoms with Crippen LogP contribution in [0.25, 0.3) is 0 Å². The molecule has 2 atom stereocenters. The Kier molecular flexibility index (Phi) is 7.51. The lowest BCUT2D eigenvalue weighted by Crippen LogP contribution is -2.38. The van der Waals surface area contributed by atoms with Crippen LogP contribution in [0.4, 0.5) is 0 Å². The van der Waals surface area contributed by atoms with Crippen LogP contribution in [0.1, 0.15) is 58.3 Å². The molecular formula is C17H32N2O2. The number of nitrogens with zero attached hydrogens (tertiary/aromatic N) is 1. The van der Waals surface area contributed by atoms with Crippen LogP contribution in [-0.2, 0) is 9.53 Å². The van der Waals surface area contributed by atoms with Gasteiger partial charge in [0.15, 0.2) is 0 Å². The van der Waals surface area contributed by atoms with Gasteiger partial charge in [0.2, 0.25) is 0 Å². The number of nitrogens with one attached hydrogen (secondary N) is 1. The Bertz CT molecular complexity index is 303. The molecule has 1 saturated heterocycles. The summed E-state index contributed by atoms with van der Waals surface area (Å²) in [6.45, 7) is 7.26. The number of piperidine rings is 1. The van der Waals surface area contributed by atoms with Crippen molar-refractivity contribution < 1.29 is 9.53 Å². The highest BCUT2D eigenvalue weighted by Crippen LogP contribution is 2.25. The van der Waals surface area contributed by atoms with E-state index in [2.05, 4.69) is 10.2 Å². The largest absolute Gasteiger partial charge is 0.466 e. The van der Waals surface area contributed by atoms with Gasteiger partial charge in [0.25, 0.3) is 0 Å². The number of ether oxygens (including phenoxy) is 1. The molecule has 2 fully saturated rings. The highest BCUT2D eigenvalue weighted by atomic mass is 16.5. The summed E-state index contributed by atoms with van der Waals surface area (Å²) in [5.74, 6) is 0.135. The predicted molar refractivity (Wildman–Crippen MR) is 85.3 cm³/mol. The molecule has 4 nitrogen and oxygen atoms in total. The van der Waals surface area contributed by atoms with Gasteiger partial charge in [0.05, 0.1) is 12.5 Å². The van der Waals surface area contributed by atoms with E-state index in [1.807, 2.05) is 6.92 Å². The molecule has 0 aromatic carbocycles. The topological polar surface area (TPSA) is 41.6 Å². The molecule has 2 unspecified atom stereocenters. The molecule has 1 aliphatic heterocycles. The van der Waals surface area contributed by atoms with Gasteiger partial charge in [0.1, 0.15) is 0 Å². The second kappa shape index (κ2) is 9.42. The maximum atomic E-state index is 11.8. The lowest BCUT2D eigenvalue weighted by molar-refractivity contribution is -0.149. The van der Waals surface area contributed by atoms with Crippen LogP contribution in [0.5, 0.6) is 0 Å². The monoisotopic (exact) mass is 296 g/mol. The van der Waals surface area contributed by atoms with E-state index >= 15 is 0 Å². The van der Waals surface area contributed by atoms with Crippen LogP contribution in [0.3, 0.4) is 0 Å². The van der Waals surface area contributed by atoms with Crippen molar-refractivity contribution in [3.8, 4) is 0 Å². The Hall–Kier alpha value is -0.610. The fraction of sp³-hybridized carbons (Fsp3) is 0.941. The first-order valence-electron chi connectivity index (χ1n) is 8.92. The average Bonchev–Trinajstić information content (AvgIpc) is 2.53. The van der Waals surface area contributed by atoms with E-state index in [4.69, 9.17) is 4.74 Å². The quantitative estimate of drug-likeness (QED) is 0.579. The summed E-state index contributed by atoms with van der Waals surface area (Å²) in [5, 5.41) is 3.65. The normalized spacial score (nSPS) is 27.5. The van der Waals surface area contributed by atoms with Crippen LogP contribution < -0.4 is 5.32 Å². The maximum Gasteiger partial charge on any atom is 0.308 e. The molecule has 0 amide bonds. The molecule has 2 aliphatic rings. The van der Waals surface area contributed by atoms with E-state index < -0.39 is 0 Å². The Balaban J connectivity index is 1.58. The Morgan fingerprint density at radius 2 is 2.00 bits per heavy atom. The molecule has 1 saturated carbocycles. The number of rotatable bonds is 7. The molecule has 122 valence electrons. The maximum absolute atomic E-state index is 11.8. The zero-order chi connectivity index (χ0) is 14.9. The van der Waals surface area contributed by atoms with Gasteiger partial charge in [-0.05, 0) is 71.6 Å². The summed E-state index contributed by atoms with van der Waals surface area (Å²) in [6.07, 6.45) is 9.70. The summed E-state index contributed by atoms with van der Waals surface area (Å²) in [6, 6.07) is 0.509. The molecular weight excluding hydrogens is 264 g/mol. The summed E-state index contributed by atoms with van der Waals surface area (Å²) >= 11 is 0.